The van der Waals surface area contributed by atoms with Crippen LogP contribution in [-0.4, -0.2) is 50.3 Å². The van der Waals surface area contributed by atoms with E-state index in [0.717, 1.165) is 99.3 Å². The van der Waals surface area contributed by atoms with Crippen molar-refractivity contribution in [3.05, 3.63) is 169 Å². The number of hydrogen-bond donors (Lipinski definition) is 0. The van der Waals surface area contributed by atoms with Gasteiger partial charge in [-0.15, -0.1) is 26.3 Å². The predicted molar refractivity (Wildman–Crippen MR) is 247 cm³/mol. The third kappa shape index (κ3) is 18.0. The molecule has 2 aromatic carbocycles. The lowest BCUT2D eigenvalue weighted by Crippen LogP contribution is -2.12. The Morgan fingerprint density at radius 1 is 0.607 bits per heavy atom. The van der Waals surface area contributed by atoms with Crippen molar-refractivity contribution in [2.75, 3.05) is 26.4 Å². The zero-order valence-corrected chi connectivity index (χ0v) is 36.1. The summed E-state index contributed by atoms with van der Waals surface area (Å²) in [5.41, 5.74) is 5.31. The topological polar surface area (TPSA) is 105 Å². The van der Waals surface area contributed by atoms with Crippen LogP contribution in [0.1, 0.15) is 134 Å². The minimum atomic E-state index is -0.527. The SMILES string of the molecule is C=CCCCCOC(=O)C(=C)/C=C(\C=C(/C)C(=O)OCCCCC=C)c1ccc(C2=CCC(c3cc(C(=O)OCCCCC=C)cc(C(=O)OCCCCC=C)c3)C=C2)cc1. The average Bonchev–Trinajstić information content (AvgIpc) is 3.28. The maximum atomic E-state index is 13.2. The van der Waals surface area contributed by atoms with Crippen LogP contribution in [-0.2, 0) is 28.5 Å². The van der Waals surface area contributed by atoms with Gasteiger partial charge in [0.2, 0.25) is 0 Å². The summed E-state index contributed by atoms with van der Waals surface area (Å²) in [6.07, 6.45) is 27.3. The third-order valence-corrected chi connectivity index (χ3v) is 9.94. The van der Waals surface area contributed by atoms with Gasteiger partial charge in [0.1, 0.15) is 0 Å². The van der Waals surface area contributed by atoms with Crippen molar-refractivity contribution < 1.29 is 38.1 Å². The van der Waals surface area contributed by atoms with Gasteiger partial charge in [0, 0.05) is 11.5 Å². The molecule has 0 aliphatic heterocycles. The average molecular weight is 829 g/mol. The Bertz CT molecular complexity index is 1910. The number of unbranched alkanes of at least 4 members (excludes halogenated alkanes) is 8. The lowest BCUT2D eigenvalue weighted by molar-refractivity contribution is -0.139. The molecule has 0 radical (unpaired) electrons. The molecular formula is C53H64O8. The molecule has 0 aromatic heterocycles. The first-order valence-corrected chi connectivity index (χ1v) is 21.5. The molecule has 8 nitrogen and oxygen atoms in total. The second-order valence-electron chi connectivity index (χ2n) is 14.9. The van der Waals surface area contributed by atoms with Gasteiger partial charge in [-0.25, -0.2) is 19.2 Å². The van der Waals surface area contributed by atoms with Crippen molar-refractivity contribution in [3.8, 4) is 0 Å². The van der Waals surface area contributed by atoms with Crippen molar-refractivity contribution in [3.63, 3.8) is 0 Å². The summed E-state index contributed by atoms with van der Waals surface area (Å²) in [7, 11) is 0. The first kappa shape index (κ1) is 49.3. The Labute approximate surface area is 363 Å². The van der Waals surface area contributed by atoms with Crippen LogP contribution < -0.4 is 0 Å². The number of ether oxygens (including phenoxy) is 4. The van der Waals surface area contributed by atoms with E-state index in [0.29, 0.717) is 35.3 Å². The monoisotopic (exact) mass is 828 g/mol. The van der Waals surface area contributed by atoms with Crippen LogP contribution in [0.2, 0.25) is 0 Å². The number of rotatable bonds is 29. The van der Waals surface area contributed by atoms with Crippen LogP contribution in [0.3, 0.4) is 0 Å². The highest BCUT2D eigenvalue weighted by Crippen LogP contribution is 2.33. The van der Waals surface area contributed by atoms with E-state index in [2.05, 4.69) is 45.0 Å². The molecular weight excluding hydrogens is 765 g/mol. The minimum absolute atomic E-state index is 0.0975. The van der Waals surface area contributed by atoms with Crippen molar-refractivity contribution in [2.24, 2.45) is 0 Å². The van der Waals surface area contributed by atoms with Crippen LogP contribution in [0.5, 0.6) is 0 Å². The molecule has 8 heteroatoms. The molecule has 2 aromatic rings. The van der Waals surface area contributed by atoms with Crippen molar-refractivity contribution in [2.45, 2.75) is 96.3 Å². The maximum absolute atomic E-state index is 13.2. The largest absolute Gasteiger partial charge is 0.462 e. The van der Waals surface area contributed by atoms with E-state index in [4.69, 9.17) is 18.9 Å². The highest BCUT2D eigenvalue weighted by Gasteiger charge is 2.20. The number of carbonyl (C=O) groups is 4. The van der Waals surface area contributed by atoms with Crippen molar-refractivity contribution in [1.29, 1.82) is 0 Å². The van der Waals surface area contributed by atoms with Crippen LogP contribution in [0.4, 0.5) is 0 Å². The van der Waals surface area contributed by atoms with Gasteiger partial charge in [0.05, 0.1) is 43.1 Å². The molecule has 0 fully saturated rings. The summed E-state index contributed by atoms with van der Waals surface area (Å²) in [5.74, 6) is -2.02. The van der Waals surface area contributed by atoms with Gasteiger partial charge in [-0.1, -0.05) is 73.4 Å². The Hall–Kier alpha value is -6.02. The predicted octanol–water partition coefficient (Wildman–Crippen LogP) is 12.5. The molecule has 0 bridgehead atoms. The fourth-order valence-electron chi connectivity index (χ4n) is 6.38. The smallest absolute Gasteiger partial charge is 0.338 e. The Kier molecular flexibility index (Phi) is 23.0. The van der Waals surface area contributed by atoms with Crippen LogP contribution in [0.15, 0.2) is 141 Å². The molecule has 0 spiro atoms. The molecule has 61 heavy (non-hydrogen) atoms. The molecule has 1 aliphatic rings. The van der Waals surface area contributed by atoms with Crippen LogP contribution in [0, 0.1) is 0 Å². The third-order valence-electron chi connectivity index (χ3n) is 9.94. The molecule has 0 amide bonds. The lowest BCUT2D eigenvalue weighted by atomic mass is 9.86. The molecule has 3 rings (SSSR count). The Morgan fingerprint density at radius 3 is 1.54 bits per heavy atom. The van der Waals surface area contributed by atoms with Crippen LogP contribution >= 0.6 is 0 Å². The van der Waals surface area contributed by atoms with E-state index in [1.54, 1.807) is 37.3 Å². The Balaban J connectivity index is 1.83. The van der Waals surface area contributed by atoms with Gasteiger partial charge < -0.3 is 18.9 Å². The molecule has 0 saturated carbocycles. The second-order valence-corrected chi connectivity index (χ2v) is 14.9. The molecule has 0 saturated heterocycles. The molecule has 324 valence electrons. The molecule has 0 heterocycles. The summed E-state index contributed by atoms with van der Waals surface area (Å²) in [5, 5.41) is 0. The summed E-state index contributed by atoms with van der Waals surface area (Å²) in [6.45, 7) is 21.7. The lowest BCUT2D eigenvalue weighted by Gasteiger charge is -2.19. The van der Waals surface area contributed by atoms with E-state index in [1.165, 1.54) is 0 Å². The van der Waals surface area contributed by atoms with E-state index >= 15 is 0 Å². The highest BCUT2D eigenvalue weighted by atomic mass is 16.5. The number of allylic oxidation sites excluding steroid dienone is 10. The number of carbonyl (C=O) groups excluding carboxylic acids is 4. The van der Waals surface area contributed by atoms with Gasteiger partial charge in [0.15, 0.2) is 0 Å². The zero-order valence-electron chi connectivity index (χ0n) is 36.1. The summed E-state index contributed by atoms with van der Waals surface area (Å²) >= 11 is 0. The molecule has 1 unspecified atom stereocenters. The van der Waals surface area contributed by atoms with Gasteiger partial charge >= 0.3 is 23.9 Å². The quantitative estimate of drug-likeness (QED) is 0.0199. The van der Waals surface area contributed by atoms with E-state index in [-0.39, 0.29) is 31.3 Å². The van der Waals surface area contributed by atoms with Gasteiger partial charge in [-0.2, -0.15) is 0 Å². The number of benzene rings is 2. The fourth-order valence-corrected chi connectivity index (χ4v) is 6.38. The summed E-state index contributed by atoms with van der Waals surface area (Å²) in [6, 6.07) is 13.0. The normalized spacial score (nSPS) is 13.7. The number of esters is 4. The highest BCUT2D eigenvalue weighted by molar-refractivity contribution is 5.98. The van der Waals surface area contributed by atoms with E-state index in [9.17, 15) is 19.2 Å². The standard InChI is InChI=1S/C53H64O8/c1-7-11-15-19-31-58-50(54)40(5)35-46(36-41(6)51(55)59-32-20-16-12-8-2)44-27-23-42(24-28-44)43-25-29-45(30-26-43)47-37-48(52(56)60-33-21-17-13-9-3)39-49(38-47)53(57)61-34-22-18-14-10-4/h7-10,23-29,35-39,45H,1-5,11-22,30-34H2,6H3/b41-36+,46-35+. The zero-order chi connectivity index (χ0) is 44.2. The van der Waals surface area contributed by atoms with E-state index < -0.39 is 23.9 Å². The van der Waals surface area contributed by atoms with Crippen molar-refractivity contribution in [1.82, 2.24) is 0 Å². The minimum Gasteiger partial charge on any atom is -0.462 e. The maximum Gasteiger partial charge on any atom is 0.338 e. The molecule has 0 N–H and O–H groups in total. The number of hydrogen-bond acceptors (Lipinski definition) is 8. The Morgan fingerprint density at radius 2 is 1.08 bits per heavy atom. The van der Waals surface area contributed by atoms with Gasteiger partial charge in [-0.05, 0) is 149 Å². The second kappa shape index (κ2) is 28.4. The van der Waals surface area contributed by atoms with E-state index in [1.807, 2.05) is 54.6 Å². The molecule has 1 atom stereocenters. The van der Waals surface area contributed by atoms with Gasteiger partial charge in [0.25, 0.3) is 0 Å². The fraction of sp³-hybridized carbons (Fsp3) is 0.358. The molecule has 1 aliphatic carbocycles. The first-order chi connectivity index (χ1) is 29.6. The van der Waals surface area contributed by atoms with Gasteiger partial charge in [-0.3, -0.25) is 0 Å². The van der Waals surface area contributed by atoms with Crippen molar-refractivity contribution >= 4 is 35.0 Å². The summed E-state index contributed by atoms with van der Waals surface area (Å²) in [4.78, 5) is 52.1. The summed E-state index contributed by atoms with van der Waals surface area (Å²) < 4.78 is 22.1. The first-order valence-electron chi connectivity index (χ1n) is 21.5. The van der Waals surface area contributed by atoms with Crippen LogP contribution in [0.25, 0.3) is 11.1 Å².